The molecule has 0 spiro atoms. The highest BCUT2D eigenvalue weighted by Crippen LogP contribution is 2.34. The highest BCUT2D eigenvalue weighted by Gasteiger charge is 2.27. The maximum absolute atomic E-state index is 13.0. The van der Waals surface area contributed by atoms with Crippen molar-refractivity contribution in [1.29, 1.82) is 0 Å². The van der Waals surface area contributed by atoms with Crippen molar-refractivity contribution in [2.24, 2.45) is 0 Å². The molecule has 0 saturated carbocycles. The second kappa shape index (κ2) is 15.6. The van der Waals surface area contributed by atoms with Gasteiger partial charge < -0.3 is 25.3 Å². The van der Waals surface area contributed by atoms with Crippen LogP contribution in [0.5, 0.6) is 0 Å². The molecular weight excluding hydrogens is 638 g/mol. The number of nitrogens with one attached hydrogen (secondary N) is 2. The van der Waals surface area contributed by atoms with Gasteiger partial charge in [0.15, 0.2) is 11.7 Å². The van der Waals surface area contributed by atoms with Crippen molar-refractivity contribution in [3.05, 3.63) is 126 Å². The summed E-state index contributed by atoms with van der Waals surface area (Å²) in [6.45, 7) is 4.95. The zero-order chi connectivity index (χ0) is 35.8. The Morgan fingerprint density at radius 1 is 0.640 bits per heavy atom. The molecule has 0 fully saturated rings. The molecule has 12 heteroatoms. The summed E-state index contributed by atoms with van der Waals surface area (Å²) in [5, 5.41) is 25.1. The third-order valence-corrected chi connectivity index (χ3v) is 8.15. The Kier molecular flexibility index (Phi) is 10.9. The van der Waals surface area contributed by atoms with Gasteiger partial charge in [0, 0.05) is 42.5 Å². The summed E-state index contributed by atoms with van der Waals surface area (Å²) in [4.78, 5) is 56.6. The summed E-state index contributed by atoms with van der Waals surface area (Å²) in [5.41, 5.74) is 4.49. The smallest absolute Gasteiger partial charge is 0.408 e. The number of aromatic nitrogens is 1. The van der Waals surface area contributed by atoms with Crippen LogP contribution in [-0.2, 0) is 22.7 Å². The summed E-state index contributed by atoms with van der Waals surface area (Å²) in [5.74, 6) is -0.00736. The van der Waals surface area contributed by atoms with E-state index in [1.165, 1.54) is 0 Å². The molecule has 0 saturated heterocycles. The molecule has 0 radical (unpaired) electrons. The number of carbonyl (C=O) groups is 4. The standard InChI is InChI=1S/C38H37N5O7/c1-24(42(37(46)47)22-27-10-6-4-7-11-27)35(44)40-31-18-14-29(15-19-31)33-34(50-26(3)39-33)30-16-20-32(21-17-30)41-36(45)25(2)43(38(48)49)23-28-12-8-5-9-13-28/h4-21,24-25H,22-23H2,1-3H3,(H,40,44)(H,41,45)(H,46,47)(H,48,49)/t24-,25-/m0/s1. The molecular formula is C38H37N5O7. The number of rotatable bonds is 12. The van der Waals surface area contributed by atoms with Crippen molar-refractivity contribution in [3.8, 4) is 22.6 Å². The number of oxazole rings is 1. The van der Waals surface area contributed by atoms with E-state index in [4.69, 9.17) is 4.42 Å². The molecule has 0 unspecified atom stereocenters. The van der Waals surface area contributed by atoms with E-state index in [-0.39, 0.29) is 13.1 Å². The molecule has 5 aromatic rings. The molecule has 12 nitrogen and oxygen atoms in total. The first-order valence-corrected chi connectivity index (χ1v) is 15.9. The summed E-state index contributed by atoms with van der Waals surface area (Å²) < 4.78 is 5.95. The molecule has 256 valence electrons. The van der Waals surface area contributed by atoms with Crippen molar-refractivity contribution < 1.29 is 33.8 Å². The molecule has 0 aliphatic heterocycles. The third kappa shape index (κ3) is 8.53. The van der Waals surface area contributed by atoms with Crippen LogP contribution in [0, 0.1) is 6.92 Å². The van der Waals surface area contributed by atoms with E-state index >= 15 is 0 Å². The largest absolute Gasteiger partial charge is 0.465 e. The van der Waals surface area contributed by atoms with Crippen LogP contribution >= 0.6 is 0 Å². The summed E-state index contributed by atoms with van der Waals surface area (Å²) in [6, 6.07) is 30.1. The van der Waals surface area contributed by atoms with Gasteiger partial charge in [-0.2, -0.15) is 0 Å². The van der Waals surface area contributed by atoms with Crippen LogP contribution in [-0.4, -0.2) is 61.1 Å². The predicted molar refractivity (Wildman–Crippen MR) is 188 cm³/mol. The first-order chi connectivity index (χ1) is 24.0. The van der Waals surface area contributed by atoms with Crippen molar-refractivity contribution in [2.75, 3.05) is 10.6 Å². The van der Waals surface area contributed by atoms with Gasteiger partial charge in [0.2, 0.25) is 11.8 Å². The third-order valence-electron chi connectivity index (χ3n) is 8.15. The van der Waals surface area contributed by atoms with Gasteiger partial charge in [-0.15, -0.1) is 0 Å². The molecule has 0 bridgehead atoms. The van der Waals surface area contributed by atoms with Gasteiger partial charge in [-0.1, -0.05) is 72.8 Å². The molecule has 1 heterocycles. The minimum atomic E-state index is -1.20. The van der Waals surface area contributed by atoms with Gasteiger partial charge in [-0.25, -0.2) is 14.6 Å². The van der Waals surface area contributed by atoms with Gasteiger partial charge in [0.25, 0.3) is 0 Å². The Labute approximate surface area is 289 Å². The Hall–Kier alpha value is -6.43. The van der Waals surface area contributed by atoms with E-state index in [1.807, 2.05) is 36.4 Å². The van der Waals surface area contributed by atoms with Crippen LogP contribution in [0.15, 0.2) is 114 Å². The zero-order valence-electron chi connectivity index (χ0n) is 27.7. The number of amides is 4. The fourth-order valence-corrected chi connectivity index (χ4v) is 5.31. The number of aryl methyl sites for hydroxylation is 1. The normalized spacial score (nSPS) is 12.0. The number of benzene rings is 4. The first kappa shape index (κ1) is 34.9. The quantitative estimate of drug-likeness (QED) is 0.107. The van der Waals surface area contributed by atoms with E-state index in [0.717, 1.165) is 26.5 Å². The second-order valence-electron chi connectivity index (χ2n) is 11.7. The van der Waals surface area contributed by atoms with Crippen LogP contribution < -0.4 is 10.6 Å². The maximum atomic E-state index is 13.0. The van der Waals surface area contributed by atoms with Gasteiger partial charge in [0.05, 0.1) is 0 Å². The Balaban J connectivity index is 1.24. The lowest BCUT2D eigenvalue weighted by atomic mass is 10.0. The van der Waals surface area contributed by atoms with Crippen molar-refractivity contribution >= 4 is 35.4 Å². The SMILES string of the molecule is Cc1nc(-c2ccc(NC(=O)[C@H](C)N(Cc3ccccc3)C(=O)O)cc2)c(-c2ccc(NC(=O)[C@H](C)N(Cc3ccccc3)C(=O)O)cc2)o1. The molecule has 0 aliphatic carbocycles. The van der Waals surface area contributed by atoms with Gasteiger partial charge in [0.1, 0.15) is 17.8 Å². The number of carboxylic acid groups (broad SMARTS) is 2. The van der Waals surface area contributed by atoms with E-state index in [9.17, 15) is 29.4 Å². The fraction of sp³-hybridized carbons (Fsp3) is 0.184. The second-order valence-corrected chi connectivity index (χ2v) is 11.7. The minimum absolute atomic E-state index is 0.0713. The van der Waals surface area contributed by atoms with Crippen molar-refractivity contribution in [1.82, 2.24) is 14.8 Å². The number of carbonyl (C=O) groups excluding carboxylic acids is 2. The minimum Gasteiger partial charge on any atom is -0.465 e. The topological polar surface area (TPSA) is 165 Å². The first-order valence-electron chi connectivity index (χ1n) is 15.9. The zero-order valence-corrected chi connectivity index (χ0v) is 27.7. The Morgan fingerprint density at radius 3 is 1.44 bits per heavy atom. The summed E-state index contributed by atoms with van der Waals surface area (Å²) >= 11 is 0. The van der Waals surface area contributed by atoms with Crippen LogP contribution in [0.1, 0.15) is 30.9 Å². The molecule has 1 aromatic heterocycles. The summed E-state index contributed by atoms with van der Waals surface area (Å²) in [7, 11) is 0. The van der Waals surface area contributed by atoms with Gasteiger partial charge in [-0.05, 0) is 61.4 Å². The van der Waals surface area contributed by atoms with Gasteiger partial charge >= 0.3 is 12.2 Å². The van der Waals surface area contributed by atoms with E-state index in [2.05, 4.69) is 15.6 Å². The van der Waals surface area contributed by atoms with Crippen LogP contribution in [0.25, 0.3) is 22.6 Å². The van der Waals surface area contributed by atoms with Crippen LogP contribution in [0.2, 0.25) is 0 Å². The molecule has 50 heavy (non-hydrogen) atoms. The highest BCUT2D eigenvalue weighted by molar-refractivity contribution is 5.97. The van der Waals surface area contributed by atoms with Crippen LogP contribution in [0.4, 0.5) is 21.0 Å². The molecule has 0 aliphatic rings. The number of hydrogen-bond acceptors (Lipinski definition) is 6. The lowest BCUT2D eigenvalue weighted by Crippen LogP contribution is -2.44. The predicted octanol–water partition coefficient (Wildman–Crippen LogP) is 7.33. The molecule has 4 N–H and O–H groups in total. The number of hydrogen-bond donors (Lipinski definition) is 4. The molecule has 4 aromatic carbocycles. The number of nitrogens with zero attached hydrogens (tertiary/aromatic N) is 3. The maximum Gasteiger partial charge on any atom is 0.408 e. The lowest BCUT2D eigenvalue weighted by molar-refractivity contribution is -0.121. The van der Waals surface area contributed by atoms with Crippen molar-refractivity contribution in [3.63, 3.8) is 0 Å². The molecule has 5 rings (SSSR count). The van der Waals surface area contributed by atoms with E-state index < -0.39 is 36.1 Å². The lowest BCUT2D eigenvalue weighted by Gasteiger charge is -2.25. The average molecular weight is 676 g/mol. The fourth-order valence-electron chi connectivity index (χ4n) is 5.31. The summed E-state index contributed by atoms with van der Waals surface area (Å²) in [6.07, 6.45) is -2.40. The Morgan fingerprint density at radius 2 is 1.04 bits per heavy atom. The molecule has 4 amide bonds. The van der Waals surface area contributed by atoms with E-state index in [0.29, 0.717) is 34.3 Å². The van der Waals surface area contributed by atoms with E-state index in [1.54, 1.807) is 93.6 Å². The average Bonchev–Trinajstić information content (AvgIpc) is 3.51. The molecule has 2 atom stereocenters. The number of anilines is 2. The van der Waals surface area contributed by atoms with Gasteiger partial charge in [-0.3, -0.25) is 19.4 Å². The highest BCUT2D eigenvalue weighted by atomic mass is 16.4. The van der Waals surface area contributed by atoms with Crippen molar-refractivity contribution in [2.45, 2.75) is 45.9 Å². The van der Waals surface area contributed by atoms with Crippen LogP contribution in [0.3, 0.4) is 0 Å². The Bertz CT molecular complexity index is 1810. The monoisotopic (exact) mass is 675 g/mol.